The van der Waals surface area contributed by atoms with Gasteiger partial charge in [0, 0.05) is 132 Å². The van der Waals surface area contributed by atoms with Gasteiger partial charge in [-0.25, -0.2) is 0 Å². The fraction of sp³-hybridized carbons (Fsp3) is 0.506. The Labute approximate surface area is 748 Å². The van der Waals surface area contributed by atoms with Crippen LogP contribution >= 0.6 is 126 Å². The molecule has 0 aliphatic carbocycles. The zero-order valence-electron chi connectivity index (χ0n) is 69.0. The van der Waals surface area contributed by atoms with Crippen LogP contribution in [0.15, 0.2) is 115 Å². The highest BCUT2D eigenvalue weighted by Gasteiger charge is 2.20. The molecule has 114 heavy (non-hydrogen) atoms. The number of nitrogens with two attached hydrogens (primary N) is 3. The molecule has 0 heterocycles. The van der Waals surface area contributed by atoms with Crippen molar-refractivity contribution in [1.29, 1.82) is 0 Å². The maximum atomic E-state index is 10.8. The number of carboxylic acid groups (broad SMARTS) is 1. The van der Waals surface area contributed by atoms with Gasteiger partial charge in [0.05, 0.1) is 40.7 Å². The number of nitrogens with one attached hydrogen (secondary N) is 3. The molecule has 0 unspecified atom stereocenters. The Bertz CT molecular complexity index is 3680. The van der Waals surface area contributed by atoms with E-state index in [9.17, 15) is 39.4 Å². The molecule has 31 heteroatoms. The van der Waals surface area contributed by atoms with Crippen molar-refractivity contribution in [3.8, 4) is 0 Å². The van der Waals surface area contributed by atoms with Gasteiger partial charge < -0.3 is 67.0 Å². The standard InChI is InChI=1S/C18H28BCl2N2O.C17H26Cl2N2O2.C14H22BN2O.C9H10INO2.C9H12IN.C9H11NO2.C5H10BINO.C2H3ClO/c1-4-16(22-19-13-24)11-15-12-17(5-6-18(15)14(2)3)23(9-7-20)10-8-21;1-12(2)16-4-3-15(21(7-5-18)8-6-19)10-13(16)9-14(20)11-17(22)23;1-4-13(17-15-9-18)8-11-7-12(16)5-6-14(11)10(2)3;1-6(2)8-4-3-7(11(12)13)5-9(8)10;1-6(2)8-4-3-7(11)5-9(8)10;1-7(2)8-3-5-9(6-4-8)10(11)12;1-2-5(3-7)8-6-4-9;3-1-2-4/h5-6,12-14,16,22H,4,7-11H2,1-3H3;3-4,10,12,14H,5-9,11,20H2,1-2H3,(H,22,23);5-7,9-10,13,17H,4,8,16H2,1-3H3;3-6H,1-2H3;3-6H,11H2,1-2H3;3-7H,1-2H3;4-5,8H,2-3H2,1H3;2H,1H2/t16-;14-;13-;;;;5-;/m101...1./s1. The third-order valence-electron chi connectivity index (χ3n) is 17.4. The minimum atomic E-state index is -0.870. The Kier molecular flexibility index (Phi) is 64.4. The lowest BCUT2D eigenvalue weighted by molar-refractivity contribution is -0.385. The minimum Gasteiger partial charge on any atom is -0.481 e. The van der Waals surface area contributed by atoms with E-state index in [1.165, 1.54) is 71.3 Å². The first kappa shape index (κ1) is 111. The van der Waals surface area contributed by atoms with Crippen LogP contribution in [0.3, 0.4) is 0 Å². The highest BCUT2D eigenvalue weighted by atomic mass is 127. The molecule has 0 fully saturated rings. The zero-order valence-corrected chi connectivity index (χ0v) is 79.2. The average Bonchev–Trinajstić information content (AvgIpc) is 0.837. The van der Waals surface area contributed by atoms with Crippen molar-refractivity contribution in [3.05, 3.63) is 193 Å². The van der Waals surface area contributed by atoms with Crippen molar-refractivity contribution in [2.45, 2.75) is 208 Å². The van der Waals surface area contributed by atoms with Crippen LogP contribution in [0, 0.1) is 27.4 Å². The summed E-state index contributed by atoms with van der Waals surface area (Å²) in [5.74, 6) is 4.14. The highest BCUT2D eigenvalue weighted by molar-refractivity contribution is 14.1. The summed E-state index contributed by atoms with van der Waals surface area (Å²) in [4.78, 5) is 75.0. The van der Waals surface area contributed by atoms with Crippen LogP contribution in [0.4, 0.5) is 34.1 Å². The fourth-order valence-corrected chi connectivity index (χ4v) is 15.2. The number of nitrogen functional groups attached to an aromatic ring is 2. The summed E-state index contributed by atoms with van der Waals surface area (Å²) in [7, 11) is 4.41. The van der Waals surface area contributed by atoms with E-state index in [0.717, 1.165) is 124 Å². The summed E-state index contributed by atoms with van der Waals surface area (Å²) in [5.41, 5.74) is 32.8. The number of alkyl halides is 6. The van der Waals surface area contributed by atoms with E-state index in [4.69, 9.17) is 85.1 Å². The fourth-order valence-electron chi connectivity index (χ4n) is 11.2. The molecule has 0 amide bonds. The van der Waals surface area contributed by atoms with E-state index >= 15 is 0 Å². The molecule has 0 bridgehead atoms. The third-order valence-corrected chi connectivity index (χ3v) is 21.2. The molecule has 0 aromatic heterocycles. The summed E-state index contributed by atoms with van der Waals surface area (Å²) in [6.07, 6.45) is 8.27. The first-order valence-corrected chi connectivity index (χ1v) is 44.6. The number of carbonyl (C=O) groups is 5. The van der Waals surface area contributed by atoms with Gasteiger partial charge in [-0.05, 0) is 218 Å². The number of nitro benzene ring substituents is 2. The number of nitro groups is 2. The predicted molar refractivity (Wildman–Crippen MR) is 514 cm³/mol. The van der Waals surface area contributed by atoms with Crippen molar-refractivity contribution in [3.63, 3.8) is 0 Å². The number of nitrogens with zero attached hydrogens (tertiary/aromatic N) is 4. The lowest BCUT2D eigenvalue weighted by Crippen LogP contribution is -2.35. The van der Waals surface area contributed by atoms with Crippen LogP contribution in [-0.4, -0.2) is 152 Å². The number of non-ortho nitro benzene ring substituents is 2. The van der Waals surface area contributed by atoms with Gasteiger partial charge in [0.1, 0.15) is 6.29 Å². The summed E-state index contributed by atoms with van der Waals surface area (Å²) in [6.45, 7) is 35.0. The quantitative estimate of drug-likeness (QED) is 0.00357. The van der Waals surface area contributed by atoms with E-state index in [-0.39, 0.29) is 45.6 Å². The maximum Gasteiger partial charge on any atom is 0.304 e. The van der Waals surface area contributed by atoms with Gasteiger partial charge >= 0.3 is 5.97 Å². The zero-order chi connectivity index (χ0) is 87.0. The number of carboxylic acids is 1. The van der Waals surface area contributed by atoms with E-state index in [2.05, 4.69) is 246 Å². The Morgan fingerprint density at radius 1 is 0.482 bits per heavy atom. The van der Waals surface area contributed by atoms with Gasteiger partial charge in [0.25, 0.3) is 33.6 Å². The van der Waals surface area contributed by atoms with Crippen LogP contribution in [0.25, 0.3) is 0 Å². The molecule has 0 spiro atoms. The van der Waals surface area contributed by atoms with Crippen LogP contribution in [-0.2, 0) is 43.2 Å². The molecule has 6 aromatic rings. The Morgan fingerprint density at radius 3 is 1.11 bits per heavy atom. The number of aliphatic carboxylic acids is 1. The molecule has 0 aliphatic rings. The Balaban J connectivity index is 0. The molecule has 0 aliphatic heterocycles. The van der Waals surface area contributed by atoms with Crippen molar-refractivity contribution in [2.75, 3.05) is 81.3 Å². The molecule has 10 N–H and O–H groups in total. The third kappa shape index (κ3) is 47.7. The number of benzene rings is 6. The summed E-state index contributed by atoms with van der Waals surface area (Å²) in [6, 6.07) is 37.3. The second-order valence-corrected chi connectivity index (χ2v) is 33.2. The van der Waals surface area contributed by atoms with Crippen molar-refractivity contribution >= 4 is 213 Å². The van der Waals surface area contributed by atoms with E-state index in [0.29, 0.717) is 77.8 Å². The molecule has 20 nitrogen and oxygen atoms in total. The predicted octanol–water partition coefficient (Wildman–Crippen LogP) is 19.4. The topological polar surface area (TPSA) is 312 Å². The van der Waals surface area contributed by atoms with Gasteiger partial charge in [-0.15, -0.1) is 58.0 Å². The molecule has 3 radical (unpaired) electrons. The highest BCUT2D eigenvalue weighted by Crippen LogP contribution is 2.31. The van der Waals surface area contributed by atoms with Crippen molar-refractivity contribution in [1.82, 2.24) is 15.7 Å². The molecule has 0 saturated heterocycles. The summed E-state index contributed by atoms with van der Waals surface area (Å²) in [5, 5.41) is 38.9. The van der Waals surface area contributed by atoms with Crippen LogP contribution in [0.2, 0.25) is 0 Å². The van der Waals surface area contributed by atoms with E-state index in [1.807, 2.05) is 30.3 Å². The molecule has 6 aromatic carbocycles. The van der Waals surface area contributed by atoms with Gasteiger partial charge in [-0.3, -0.25) is 25.0 Å². The summed E-state index contributed by atoms with van der Waals surface area (Å²) < 4.78 is 3.26. The molecule has 629 valence electrons. The second-order valence-electron chi connectivity index (χ2n) is 28.1. The molecular weight excluding hydrogens is 1890 g/mol. The van der Waals surface area contributed by atoms with E-state index < -0.39 is 12.0 Å². The molecule has 4 atom stereocenters. The minimum absolute atomic E-state index is 0.0329. The Morgan fingerprint density at radius 2 is 0.807 bits per heavy atom. The van der Waals surface area contributed by atoms with E-state index in [1.54, 1.807) is 24.3 Å². The number of hydrogen-bond acceptors (Lipinski definition) is 17. The van der Waals surface area contributed by atoms with Crippen LogP contribution in [0.5, 0.6) is 0 Å². The maximum absolute atomic E-state index is 10.8. The average molecular weight is 2010 g/mol. The van der Waals surface area contributed by atoms with Crippen molar-refractivity contribution in [2.24, 2.45) is 5.73 Å². The number of carbonyl (C=O) groups excluding carboxylic acids is 4. The van der Waals surface area contributed by atoms with Crippen molar-refractivity contribution < 1.29 is 38.9 Å². The first-order valence-electron chi connectivity index (χ1n) is 38.3. The number of halogens is 8. The molecule has 0 saturated carbocycles. The Hall–Kier alpha value is -4.86. The normalized spacial score (nSPS) is 11.6. The van der Waals surface area contributed by atoms with Gasteiger partial charge in [-0.1, -0.05) is 169 Å². The first-order chi connectivity index (χ1) is 54.0. The van der Waals surface area contributed by atoms with Crippen LogP contribution < -0.4 is 42.7 Å². The van der Waals surface area contributed by atoms with Crippen LogP contribution in [0.1, 0.15) is 215 Å². The number of anilines is 4. The van der Waals surface area contributed by atoms with Gasteiger partial charge in [0.2, 0.25) is 0 Å². The second kappa shape index (κ2) is 66.0. The van der Waals surface area contributed by atoms with Gasteiger partial charge in [0.15, 0.2) is 0 Å². The molecule has 6 rings (SSSR count). The lowest BCUT2D eigenvalue weighted by atomic mass is 9.89. The van der Waals surface area contributed by atoms with Gasteiger partial charge in [-0.2, -0.15) is 0 Å². The molecular formula is C83H122B3Cl5I3N10O10. The monoisotopic (exact) mass is 2010 g/mol. The number of hydrogen-bond donors (Lipinski definition) is 7. The SMILES string of the molecule is CC(C)c1ccc(N(CCCl)CCCl)cc1C[C@H](N)CC(=O)O.CC(C)c1ccc(N)cc1I.CC(C)c1ccc([N+](=O)[O-])cc1.CC(C)c1ccc([N+](=O)[O-])cc1I.CC[C@H](CI)N[B]C=O.CC[C@H](Cc1cc(N(CCCl)CCCl)ccc1C(C)C)N[B]C=O.CC[C@H](Cc1cc(N)ccc1C(C)C)N[B]C=O.O=CCCl. The largest absolute Gasteiger partial charge is 0.481 e. The summed E-state index contributed by atoms with van der Waals surface area (Å²) >= 11 is 35.2. The number of rotatable bonds is 40. The smallest absolute Gasteiger partial charge is 0.304 e. The number of aldehydes is 1. The lowest BCUT2D eigenvalue weighted by Gasteiger charge is -2.26.